The lowest BCUT2D eigenvalue weighted by Crippen LogP contribution is -2.49. The Labute approximate surface area is 271 Å². The van der Waals surface area contributed by atoms with Crippen LogP contribution in [0, 0.1) is 17.5 Å². The highest BCUT2D eigenvalue weighted by Crippen LogP contribution is 2.29. The van der Waals surface area contributed by atoms with Crippen LogP contribution >= 0.6 is 0 Å². The van der Waals surface area contributed by atoms with E-state index in [-0.39, 0.29) is 42.5 Å². The first kappa shape index (κ1) is 34.3. The average Bonchev–Trinajstić information content (AvgIpc) is 3.09. The summed E-state index contributed by atoms with van der Waals surface area (Å²) >= 11 is 0. The van der Waals surface area contributed by atoms with Gasteiger partial charge in [0.15, 0.2) is 0 Å². The predicted molar refractivity (Wildman–Crippen MR) is 168 cm³/mol. The molecule has 5 N–H and O–H groups in total. The third kappa shape index (κ3) is 9.74. The Morgan fingerprint density at radius 2 is 1.68 bits per heavy atom. The summed E-state index contributed by atoms with van der Waals surface area (Å²) in [4.78, 5) is 29.4. The lowest BCUT2D eigenvalue weighted by molar-refractivity contribution is -0.117. The lowest BCUT2D eigenvalue weighted by Gasteiger charge is -2.30. The van der Waals surface area contributed by atoms with Gasteiger partial charge in [0, 0.05) is 31.2 Å². The number of nitrogens with two attached hydrogens (primary N) is 1. The van der Waals surface area contributed by atoms with Gasteiger partial charge in [0.25, 0.3) is 0 Å². The number of anilines is 1. The summed E-state index contributed by atoms with van der Waals surface area (Å²) in [6, 6.07) is 9.73. The number of ether oxygens (including phenoxy) is 3. The molecule has 0 aliphatic carbocycles. The van der Waals surface area contributed by atoms with Crippen molar-refractivity contribution in [1.82, 2.24) is 15.6 Å². The van der Waals surface area contributed by atoms with Gasteiger partial charge in [0.05, 0.1) is 49.0 Å². The van der Waals surface area contributed by atoms with Gasteiger partial charge < -0.3 is 35.9 Å². The minimum absolute atomic E-state index is 0.0174. The number of benzene rings is 2. The van der Waals surface area contributed by atoms with Gasteiger partial charge in [-0.25, -0.2) is 18.0 Å². The molecule has 1 aromatic heterocycles. The SMILES string of the molecule is N[C@H](C(=O)Nc1cncc(F)c1CC[C@@H]1CN[C@H](COC(=O)NCC2CCCCO2)CO1)C(c1ccc(F)cc1)c1ccc(F)cc1. The van der Waals surface area contributed by atoms with Gasteiger partial charge >= 0.3 is 6.09 Å². The van der Waals surface area contributed by atoms with Crippen LogP contribution in [0.15, 0.2) is 60.9 Å². The number of nitrogens with zero attached hydrogens (tertiary/aromatic N) is 1. The quantitative estimate of drug-likeness (QED) is 0.228. The molecular formula is C34H40F3N5O5. The lowest BCUT2D eigenvalue weighted by atomic mass is 9.85. The zero-order valence-corrected chi connectivity index (χ0v) is 25.9. The van der Waals surface area contributed by atoms with E-state index in [4.69, 9.17) is 19.9 Å². The molecule has 5 rings (SSSR count). The van der Waals surface area contributed by atoms with E-state index >= 15 is 4.39 Å². The standard InChI is InChI=1S/C34H40F3N5O5/c35-23-8-4-21(5-9-23)31(22-6-10-24(36)11-7-22)32(38)33(43)42-30-18-39-17-29(37)28(30)13-12-27-15-40-25(19-46-27)20-47-34(44)41-16-26-3-1-2-14-45-26/h4-11,17-18,25-27,31-32,40H,1-3,12-16,19-20,38H2,(H,41,44)(H,42,43)/t25-,26?,27+,32-/m0/s1. The van der Waals surface area contributed by atoms with Crippen molar-refractivity contribution in [3.8, 4) is 0 Å². The summed E-state index contributed by atoms with van der Waals surface area (Å²) in [5.41, 5.74) is 7.97. The van der Waals surface area contributed by atoms with Gasteiger partial charge in [0.2, 0.25) is 5.91 Å². The number of halogens is 3. The number of carbonyl (C=O) groups excluding carboxylic acids is 2. The van der Waals surface area contributed by atoms with E-state index in [2.05, 4.69) is 20.9 Å². The molecule has 2 aliphatic rings. The Kier molecular flexibility index (Phi) is 12.2. The molecule has 3 aromatic rings. The Balaban J connectivity index is 1.13. The maximum atomic E-state index is 15.0. The van der Waals surface area contributed by atoms with E-state index < -0.39 is 41.4 Å². The largest absolute Gasteiger partial charge is 0.448 e. The summed E-state index contributed by atoms with van der Waals surface area (Å²) < 4.78 is 59.2. The minimum atomic E-state index is -1.19. The molecule has 4 atom stereocenters. The molecule has 2 fully saturated rings. The van der Waals surface area contributed by atoms with E-state index in [0.717, 1.165) is 25.5 Å². The molecule has 10 nitrogen and oxygen atoms in total. The van der Waals surface area contributed by atoms with Gasteiger partial charge in [-0.05, 0) is 67.5 Å². The highest BCUT2D eigenvalue weighted by Gasteiger charge is 2.29. The van der Waals surface area contributed by atoms with Gasteiger partial charge in [-0.2, -0.15) is 0 Å². The van der Waals surface area contributed by atoms with Gasteiger partial charge in [0.1, 0.15) is 24.1 Å². The minimum Gasteiger partial charge on any atom is -0.448 e. The molecule has 1 unspecified atom stereocenters. The molecule has 0 spiro atoms. The van der Waals surface area contributed by atoms with Crippen molar-refractivity contribution in [1.29, 1.82) is 0 Å². The highest BCUT2D eigenvalue weighted by atomic mass is 19.1. The van der Waals surface area contributed by atoms with Crippen LogP contribution in [0.5, 0.6) is 0 Å². The van der Waals surface area contributed by atoms with Crippen molar-refractivity contribution in [2.75, 3.05) is 38.2 Å². The topological polar surface area (TPSA) is 137 Å². The molecule has 13 heteroatoms. The fourth-order valence-corrected chi connectivity index (χ4v) is 5.80. The Bertz CT molecular complexity index is 1420. The maximum Gasteiger partial charge on any atom is 0.407 e. The van der Waals surface area contributed by atoms with Crippen LogP contribution in [0.3, 0.4) is 0 Å². The summed E-state index contributed by atoms with van der Waals surface area (Å²) in [5.74, 6) is -2.86. The smallest absolute Gasteiger partial charge is 0.407 e. The molecule has 2 saturated heterocycles. The zero-order chi connectivity index (χ0) is 33.2. The Hall–Kier alpha value is -4.04. The van der Waals surface area contributed by atoms with Crippen molar-refractivity contribution in [3.63, 3.8) is 0 Å². The number of amides is 2. The number of pyridine rings is 1. The summed E-state index contributed by atoms with van der Waals surface area (Å²) in [7, 11) is 0. The van der Waals surface area contributed by atoms with Crippen molar-refractivity contribution in [2.24, 2.45) is 5.73 Å². The summed E-state index contributed by atoms with van der Waals surface area (Å²) in [5, 5.41) is 8.75. The molecule has 3 heterocycles. The second kappa shape index (κ2) is 16.7. The molecule has 2 aromatic carbocycles. The van der Waals surface area contributed by atoms with E-state index in [0.29, 0.717) is 43.9 Å². The predicted octanol–water partition coefficient (Wildman–Crippen LogP) is 4.18. The average molecular weight is 656 g/mol. The molecule has 0 bridgehead atoms. The Morgan fingerprint density at radius 1 is 0.979 bits per heavy atom. The summed E-state index contributed by atoms with van der Waals surface area (Å²) in [6.45, 7) is 2.02. The maximum absolute atomic E-state index is 15.0. The first-order valence-corrected chi connectivity index (χ1v) is 15.8. The number of aromatic nitrogens is 1. The molecule has 2 aliphatic heterocycles. The number of nitrogens with one attached hydrogen (secondary N) is 3. The number of morpholine rings is 1. The number of hydrogen-bond donors (Lipinski definition) is 4. The van der Waals surface area contributed by atoms with E-state index in [1.807, 2.05) is 0 Å². The molecule has 0 radical (unpaired) electrons. The van der Waals surface area contributed by atoms with Crippen LogP contribution < -0.4 is 21.7 Å². The van der Waals surface area contributed by atoms with Gasteiger partial charge in [-0.3, -0.25) is 9.78 Å². The second-order valence-electron chi connectivity index (χ2n) is 11.8. The third-order valence-corrected chi connectivity index (χ3v) is 8.43. The van der Waals surface area contributed by atoms with Crippen LogP contribution in [-0.4, -0.2) is 74.2 Å². The van der Waals surface area contributed by atoms with Crippen LogP contribution in [0.4, 0.5) is 23.7 Å². The van der Waals surface area contributed by atoms with Crippen LogP contribution in [0.2, 0.25) is 0 Å². The van der Waals surface area contributed by atoms with E-state index in [1.54, 1.807) is 0 Å². The molecule has 47 heavy (non-hydrogen) atoms. The fraction of sp³-hybridized carbons (Fsp3) is 0.441. The van der Waals surface area contributed by atoms with Crippen molar-refractivity contribution in [2.45, 2.75) is 62.3 Å². The Morgan fingerprint density at radius 3 is 2.30 bits per heavy atom. The fourth-order valence-electron chi connectivity index (χ4n) is 5.80. The van der Waals surface area contributed by atoms with Crippen molar-refractivity contribution >= 4 is 17.7 Å². The number of rotatable bonds is 12. The van der Waals surface area contributed by atoms with Crippen LogP contribution in [-0.2, 0) is 25.4 Å². The zero-order valence-electron chi connectivity index (χ0n) is 25.9. The molecular weight excluding hydrogens is 615 g/mol. The highest BCUT2D eigenvalue weighted by molar-refractivity contribution is 5.96. The second-order valence-corrected chi connectivity index (χ2v) is 11.8. The first-order valence-electron chi connectivity index (χ1n) is 15.8. The van der Waals surface area contributed by atoms with E-state index in [1.165, 1.54) is 54.7 Å². The van der Waals surface area contributed by atoms with E-state index in [9.17, 15) is 18.4 Å². The normalized spacial score (nSPS) is 20.4. The number of alkyl carbamates (subject to hydrolysis) is 1. The first-order chi connectivity index (χ1) is 22.8. The number of hydrogen-bond acceptors (Lipinski definition) is 8. The van der Waals surface area contributed by atoms with Crippen molar-refractivity contribution < 1.29 is 37.0 Å². The summed E-state index contributed by atoms with van der Waals surface area (Å²) in [6.07, 6.45) is 5.40. The third-order valence-electron chi connectivity index (χ3n) is 8.43. The van der Waals surface area contributed by atoms with Crippen LogP contribution in [0.25, 0.3) is 0 Å². The monoisotopic (exact) mass is 655 g/mol. The van der Waals surface area contributed by atoms with Gasteiger partial charge in [-0.15, -0.1) is 0 Å². The molecule has 0 saturated carbocycles. The molecule has 252 valence electrons. The number of carbonyl (C=O) groups is 2. The van der Waals surface area contributed by atoms with Crippen molar-refractivity contribution in [3.05, 3.63) is 95.1 Å². The van der Waals surface area contributed by atoms with Crippen LogP contribution in [0.1, 0.15) is 48.3 Å². The van der Waals surface area contributed by atoms with Gasteiger partial charge in [-0.1, -0.05) is 24.3 Å². The molecule has 2 amide bonds.